The topological polar surface area (TPSA) is 88.7 Å². The third-order valence-corrected chi connectivity index (χ3v) is 5.18. The molecule has 0 fully saturated rings. The number of nitrogens with zero attached hydrogens (tertiary/aromatic N) is 4. The number of nitrogens with one attached hydrogen (secondary N) is 1. The van der Waals surface area contributed by atoms with E-state index in [0.29, 0.717) is 35.9 Å². The van der Waals surface area contributed by atoms with Gasteiger partial charge in [0, 0.05) is 24.6 Å². The summed E-state index contributed by atoms with van der Waals surface area (Å²) in [7, 11) is 0. The van der Waals surface area contributed by atoms with Crippen molar-refractivity contribution in [3.05, 3.63) is 33.4 Å². The summed E-state index contributed by atoms with van der Waals surface area (Å²) in [4.78, 5) is 40.7. The van der Waals surface area contributed by atoms with Crippen LogP contribution < -0.4 is 10.9 Å². The first-order valence-corrected chi connectivity index (χ1v) is 10.6. The molecule has 1 aliphatic heterocycles. The molecule has 8 nitrogen and oxygen atoms in total. The molecule has 0 saturated heterocycles. The molecule has 1 N–H and O–H groups in total. The van der Waals surface area contributed by atoms with E-state index in [-0.39, 0.29) is 41.8 Å². The second kappa shape index (κ2) is 7.89. The maximum absolute atomic E-state index is 13.2. The van der Waals surface area contributed by atoms with Crippen molar-refractivity contribution in [2.45, 2.75) is 67.0 Å². The fraction of sp³-hybridized carbons (Fsp3) is 0.636. The van der Waals surface area contributed by atoms with Crippen molar-refractivity contribution >= 4 is 17.5 Å². The lowest BCUT2D eigenvalue weighted by molar-refractivity contribution is -0.121. The van der Waals surface area contributed by atoms with Crippen LogP contribution in [0.3, 0.4) is 0 Å². The van der Waals surface area contributed by atoms with Crippen LogP contribution in [0, 0.1) is 11.8 Å². The number of carbonyl (C=O) groups is 2. The summed E-state index contributed by atoms with van der Waals surface area (Å²) < 4.78 is 3.01. The summed E-state index contributed by atoms with van der Waals surface area (Å²) >= 11 is 0. The molecule has 2 aromatic rings. The van der Waals surface area contributed by atoms with Crippen LogP contribution in [0.1, 0.15) is 70.2 Å². The second-order valence-corrected chi connectivity index (χ2v) is 10.0. The Morgan fingerprint density at radius 1 is 1.17 bits per heavy atom. The third-order valence-electron chi connectivity index (χ3n) is 5.18. The van der Waals surface area contributed by atoms with E-state index in [9.17, 15) is 14.4 Å². The zero-order chi connectivity index (χ0) is 22.4. The highest BCUT2D eigenvalue weighted by atomic mass is 16.2. The summed E-state index contributed by atoms with van der Waals surface area (Å²) in [5, 5.41) is 7.44. The van der Waals surface area contributed by atoms with Gasteiger partial charge in [-0.05, 0) is 11.8 Å². The molecular weight excluding hydrogens is 382 g/mol. The molecule has 0 atom stereocenters. The number of hydrogen-bond donors (Lipinski definition) is 1. The van der Waals surface area contributed by atoms with Crippen LogP contribution in [-0.2, 0) is 23.3 Å². The zero-order valence-electron chi connectivity index (χ0n) is 19.1. The van der Waals surface area contributed by atoms with E-state index in [4.69, 9.17) is 0 Å². The Bertz CT molecular complexity index is 1040. The minimum Gasteiger partial charge on any atom is -0.354 e. The Balaban J connectivity index is 2.16. The van der Waals surface area contributed by atoms with Gasteiger partial charge >= 0.3 is 0 Å². The number of carbonyl (C=O) groups excluding carboxylic acids is 2. The second-order valence-electron chi connectivity index (χ2n) is 10.0. The molecule has 0 bridgehead atoms. The van der Waals surface area contributed by atoms with E-state index in [1.807, 2.05) is 54.5 Å². The zero-order valence-corrected chi connectivity index (χ0v) is 19.1. The van der Waals surface area contributed by atoms with Crippen LogP contribution >= 0.6 is 0 Å². The van der Waals surface area contributed by atoms with Gasteiger partial charge in [0.05, 0.1) is 17.8 Å². The molecule has 0 unspecified atom stereocenters. The summed E-state index contributed by atoms with van der Waals surface area (Å²) in [6.45, 7) is 15.5. The highest BCUT2D eigenvalue weighted by Gasteiger charge is 2.35. The predicted octanol–water partition coefficient (Wildman–Crippen LogP) is 2.18. The van der Waals surface area contributed by atoms with E-state index >= 15 is 0 Å². The van der Waals surface area contributed by atoms with Crippen molar-refractivity contribution in [1.82, 2.24) is 24.4 Å². The minimum atomic E-state index is -0.283. The van der Waals surface area contributed by atoms with Crippen molar-refractivity contribution in [3.63, 3.8) is 0 Å². The van der Waals surface area contributed by atoms with Gasteiger partial charge in [0.2, 0.25) is 5.91 Å². The lowest BCUT2D eigenvalue weighted by Crippen LogP contribution is -2.34. The smallest absolute Gasteiger partial charge is 0.280 e. The van der Waals surface area contributed by atoms with Crippen LogP contribution in [0.5, 0.6) is 0 Å². The Kier molecular flexibility index (Phi) is 5.80. The Hall–Kier alpha value is -2.64. The van der Waals surface area contributed by atoms with Crippen LogP contribution in [0.2, 0.25) is 0 Å². The Morgan fingerprint density at radius 3 is 2.40 bits per heavy atom. The van der Waals surface area contributed by atoms with Crippen molar-refractivity contribution in [2.24, 2.45) is 11.8 Å². The van der Waals surface area contributed by atoms with Crippen LogP contribution in [0.25, 0.3) is 5.65 Å². The van der Waals surface area contributed by atoms with Crippen LogP contribution in [0.4, 0.5) is 0 Å². The fourth-order valence-electron chi connectivity index (χ4n) is 3.65. The lowest BCUT2D eigenvalue weighted by atomic mass is 9.93. The van der Waals surface area contributed by atoms with Gasteiger partial charge < -0.3 is 14.8 Å². The summed E-state index contributed by atoms with van der Waals surface area (Å²) in [5.41, 5.74) is 1.39. The molecule has 2 aromatic heterocycles. The SMILES string of the molecule is CC(C)CNC(=O)Cn1c2c(c(=O)n3nc(C(C)(C)C)cc13)CN(CC(C)C)C2=O. The normalized spacial score (nSPS) is 14.3. The molecule has 8 heteroatoms. The molecule has 2 amide bonds. The van der Waals surface area contributed by atoms with Crippen LogP contribution in [-0.4, -0.2) is 44.0 Å². The van der Waals surface area contributed by atoms with E-state index in [1.165, 1.54) is 4.52 Å². The summed E-state index contributed by atoms with van der Waals surface area (Å²) in [5.74, 6) is 0.204. The standard InChI is InChI=1S/C22H33N5O3/c1-13(2)9-23-17(28)12-26-18-8-16(22(5,6)7)24-27(18)20(29)15-11-25(10-14(3)4)21(30)19(15)26/h8,13-14H,9-12H2,1-7H3,(H,23,28). The average molecular weight is 416 g/mol. The molecule has 0 aromatic carbocycles. The van der Waals surface area contributed by atoms with E-state index in [1.54, 1.807) is 9.47 Å². The summed E-state index contributed by atoms with van der Waals surface area (Å²) in [6.07, 6.45) is 0. The summed E-state index contributed by atoms with van der Waals surface area (Å²) in [6, 6.07) is 1.82. The van der Waals surface area contributed by atoms with Crippen molar-refractivity contribution < 1.29 is 9.59 Å². The number of fused-ring (bicyclic) bond motifs is 2. The molecule has 0 radical (unpaired) electrons. The van der Waals surface area contributed by atoms with Gasteiger partial charge in [0.25, 0.3) is 11.5 Å². The van der Waals surface area contributed by atoms with Crippen molar-refractivity contribution in [1.29, 1.82) is 0 Å². The van der Waals surface area contributed by atoms with Crippen molar-refractivity contribution in [2.75, 3.05) is 13.1 Å². The quantitative estimate of drug-likeness (QED) is 0.783. The van der Waals surface area contributed by atoms with Gasteiger partial charge in [0.1, 0.15) is 17.9 Å². The van der Waals surface area contributed by atoms with Crippen LogP contribution in [0.15, 0.2) is 10.9 Å². The Morgan fingerprint density at radius 2 is 1.83 bits per heavy atom. The molecule has 30 heavy (non-hydrogen) atoms. The van der Waals surface area contributed by atoms with Gasteiger partial charge in [-0.1, -0.05) is 48.5 Å². The van der Waals surface area contributed by atoms with Gasteiger partial charge in [0.15, 0.2) is 0 Å². The third kappa shape index (κ3) is 4.13. The molecule has 164 valence electrons. The first-order chi connectivity index (χ1) is 13.9. The molecule has 3 heterocycles. The highest BCUT2D eigenvalue weighted by molar-refractivity contribution is 5.97. The van der Waals surface area contributed by atoms with Gasteiger partial charge in [-0.15, -0.1) is 0 Å². The van der Waals surface area contributed by atoms with Gasteiger partial charge in [-0.3, -0.25) is 14.4 Å². The molecule has 0 aliphatic carbocycles. The first-order valence-electron chi connectivity index (χ1n) is 10.6. The van der Waals surface area contributed by atoms with E-state index in [2.05, 4.69) is 10.4 Å². The van der Waals surface area contributed by atoms with Crippen molar-refractivity contribution in [3.8, 4) is 0 Å². The molecule has 0 saturated carbocycles. The van der Waals surface area contributed by atoms with E-state index < -0.39 is 0 Å². The largest absolute Gasteiger partial charge is 0.354 e. The number of amides is 2. The first kappa shape index (κ1) is 22.1. The molecule has 3 rings (SSSR count). The van der Waals surface area contributed by atoms with E-state index in [0.717, 1.165) is 5.69 Å². The Labute approximate surface area is 177 Å². The average Bonchev–Trinajstić information content (AvgIpc) is 3.20. The minimum absolute atomic E-state index is 0.0324. The number of rotatable bonds is 6. The number of hydrogen-bond acceptors (Lipinski definition) is 4. The van der Waals surface area contributed by atoms with Gasteiger partial charge in [-0.2, -0.15) is 9.61 Å². The molecule has 0 spiro atoms. The molecular formula is C22H33N5O3. The number of aromatic nitrogens is 3. The highest BCUT2D eigenvalue weighted by Crippen LogP contribution is 2.26. The predicted molar refractivity (Wildman–Crippen MR) is 116 cm³/mol. The van der Waals surface area contributed by atoms with Gasteiger partial charge in [-0.25, -0.2) is 0 Å². The monoisotopic (exact) mass is 415 g/mol. The lowest BCUT2D eigenvalue weighted by Gasteiger charge is -2.18. The maximum atomic E-state index is 13.2. The maximum Gasteiger partial charge on any atom is 0.280 e. The molecule has 1 aliphatic rings. The fourth-order valence-corrected chi connectivity index (χ4v) is 3.65.